The summed E-state index contributed by atoms with van der Waals surface area (Å²) in [6.07, 6.45) is 0. The molecule has 1 N–H and O–H groups in total. The molecule has 150 valence electrons. The fourth-order valence-electron chi connectivity index (χ4n) is 3.10. The molecule has 0 unspecified atom stereocenters. The maximum Gasteiger partial charge on any atom is 0.257 e. The number of amides is 1. The van der Waals surface area contributed by atoms with Crippen molar-refractivity contribution in [2.75, 3.05) is 19.5 Å². The molecular weight excluding hydrogens is 396 g/mol. The monoisotopic (exact) mass is 416 g/mol. The number of nitrogens with zero attached hydrogens (tertiary/aromatic N) is 1. The smallest absolute Gasteiger partial charge is 0.257 e. The van der Waals surface area contributed by atoms with Crippen molar-refractivity contribution >= 4 is 22.4 Å². The number of hydrogen-bond donors (Lipinski definition) is 1. The van der Waals surface area contributed by atoms with Crippen LogP contribution in [-0.2, 0) is 0 Å². The summed E-state index contributed by atoms with van der Waals surface area (Å²) in [5.74, 6) is 0.809. The third-order valence-corrected chi connectivity index (χ3v) is 5.60. The summed E-state index contributed by atoms with van der Waals surface area (Å²) in [5, 5.41) is 3.45. The third kappa shape index (κ3) is 4.04. The standard InChI is InChI=1S/C24H20N2O3S/c1-28-19-14-13-18(15-20(19)29-2)23(27)26-24-25-21(16-9-5-3-6-10-16)22(30-24)17-11-7-4-8-12-17/h3-15H,1-2H3,(H,25,26,27). The molecule has 5 nitrogen and oxygen atoms in total. The van der Waals surface area contributed by atoms with Gasteiger partial charge in [-0.3, -0.25) is 10.1 Å². The van der Waals surface area contributed by atoms with E-state index in [-0.39, 0.29) is 5.91 Å². The van der Waals surface area contributed by atoms with Crippen molar-refractivity contribution in [1.29, 1.82) is 0 Å². The van der Waals surface area contributed by atoms with Crippen molar-refractivity contribution in [2.24, 2.45) is 0 Å². The van der Waals surface area contributed by atoms with Crippen molar-refractivity contribution in [2.45, 2.75) is 0 Å². The van der Waals surface area contributed by atoms with Gasteiger partial charge in [0.2, 0.25) is 0 Å². The van der Waals surface area contributed by atoms with Crippen LogP contribution in [0, 0.1) is 0 Å². The molecule has 0 saturated heterocycles. The van der Waals surface area contributed by atoms with E-state index < -0.39 is 0 Å². The number of aromatic nitrogens is 1. The molecule has 1 amide bonds. The number of ether oxygens (including phenoxy) is 2. The van der Waals surface area contributed by atoms with Gasteiger partial charge in [-0.2, -0.15) is 0 Å². The quantitative estimate of drug-likeness (QED) is 0.435. The van der Waals surface area contributed by atoms with Crippen molar-refractivity contribution in [1.82, 2.24) is 4.98 Å². The first-order valence-corrected chi connectivity index (χ1v) is 10.2. The minimum Gasteiger partial charge on any atom is -0.493 e. The second-order valence-corrected chi connectivity index (χ2v) is 7.45. The Morgan fingerprint density at radius 3 is 2.10 bits per heavy atom. The average molecular weight is 417 g/mol. The number of carbonyl (C=O) groups excluding carboxylic acids is 1. The minimum atomic E-state index is -0.260. The zero-order chi connectivity index (χ0) is 20.9. The van der Waals surface area contributed by atoms with Crippen LogP contribution in [0.3, 0.4) is 0 Å². The molecule has 30 heavy (non-hydrogen) atoms. The Morgan fingerprint density at radius 1 is 0.833 bits per heavy atom. The molecule has 0 aliphatic carbocycles. The van der Waals surface area contributed by atoms with E-state index in [1.54, 1.807) is 32.4 Å². The molecule has 4 rings (SSSR count). The van der Waals surface area contributed by atoms with Crippen LogP contribution < -0.4 is 14.8 Å². The average Bonchev–Trinajstić information content (AvgIpc) is 3.23. The number of methoxy groups -OCH3 is 2. The highest BCUT2D eigenvalue weighted by atomic mass is 32.1. The molecule has 0 radical (unpaired) electrons. The fraction of sp³-hybridized carbons (Fsp3) is 0.0833. The van der Waals surface area contributed by atoms with Crippen molar-refractivity contribution < 1.29 is 14.3 Å². The lowest BCUT2D eigenvalue weighted by atomic mass is 10.1. The predicted molar refractivity (Wildman–Crippen MR) is 120 cm³/mol. The summed E-state index contributed by atoms with van der Waals surface area (Å²) in [4.78, 5) is 18.6. The molecule has 0 bridgehead atoms. The SMILES string of the molecule is COc1ccc(C(=O)Nc2nc(-c3ccccc3)c(-c3ccccc3)s2)cc1OC. The van der Waals surface area contributed by atoms with Gasteiger partial charge in [-0.05, 0) is 23.8 Å². The number of anilines is 1. The summed E-state index contributed by atoms with van der Waals surface area (Å²) < 4.78 is 10.5. The maximum atomic E-state index is 12.8. The number of nitrogens with one attached hydrogen (secondary N) is 1. The summed E-state index contributed by atoms with van der Waals surface area (Å²) in [6.45, 7) is 0. The van der Waals surface area contributed by atoms with Gasteiger partial charge in [-0.1, -0.05) is 72.0 Å². The second kappa shape index (κ2) is 8.80. The number of carbonyl (C=O) groups is 1. The van der Waals surface area contributed by atoms with Gasteiger partial charge in [-0.15, -0.1) is 0 Å². The normalized spacial score (nSPS) is 10.5. The molecule has 0 aliphatic rings. The van der Waals surface area contributed by atoms with Gasteiger partial charge >= 0.3 is 0 Å². The topological polar surface area (TPSA) is 60.5 Å². The van der Waals surface area contributed by atoms with Crippen LogP contribution in [0.2, 0.25) is 0 Å². The van der Waals surface area contributed by atoms with E-state index in [0.29, 0.717) is 22.2 Å². The van der Waals surface area contributed by atoms with Crippen LogP contribution in [0.25, 0.3) is 21.7 Å². The van der Waals surface area contributed by atoms with Gasteiger partial charge in [0.25, 0.3) is 5.91 Å². The van der Waals surface area contributed by atoms with Crippen LogP contribution >= 0.6 is 11.3 Å². The third-order valence-electron chi connectivity index (χ3n) is 4.58. The zero-order valence-corrected chi connectivity index (χ0v) is 17.4. The van der Waals surface area contributed by atoms with Gasteiger partial charge in [0.15, 0.2) is 16.6 Å². The first kappa shape index (κ1) is 19.7. The number of rotatable bonds is 6. The summed E-state index contributed by atoms with van der Waals surface area (Å²) in [6, 6.07) is 25.1. The Balaban J connectivity index is 1.68. The van der Waals surface area contributed by atoms with E-state index in [4.69, 9.17) is 14.5 Å². The van der Waals surface area contributed by atoms with E-state index in [2.05, 4.69) is 5.32 Å². The van der Waals surface area contributed by atoms with Crippen LogP contribution in [0.5, 0.6) is 11.5 Å². The lowest BCUT2D eigenvalue weighted by Crippen LogP contribution is -2.11. The molecule has 0 saturated carbocycles. The highest BCUT2D eigenvalue weighted by Crippen LogP contribution is 2.39. The largest absolute Gasteiger partial charge is 0.493 e. The Kier molecular flexibility index (Phi) is 5.77. The highest BCUT2D eigenvalue weighted by Gasteiger charge is 2.17. The number of benzene rings is 3. The van der Waals surface area contributed by atoms with Crippen molar-refractivity contribution in [3.8, 4) is 33.2 Å². The first-order valence-electron chi connectivity index (χ1n) is 9.34. The molecule has 0 spiro atoms. The van der Waals surface area contributed by atoms with Crippen LogP contribution in [0.15, 0.2) is 78.9 Å². The lowest BCUT2D eigenvalue weighted by molar-refractivity contribution is 0.102. The Labute approximate surface area is 178 Å². The zero-order valence-electron chi connectivity index (χ0n) is 16.6. The lowest BCUT2D eigenvalue weighted by Gasteiger charge is -2.09. The Morgan fingerprint density at radius 2 is 1.47 bits per heavy atom. The molecule has 1 aromatic heterocycles. The Hall–Kier alpha value is -3.64. The van der Waals surface area contributed by atoms with Gasteiger partial charge in [0.1, 0.15) is 0 Å². The first-order chi connectivity index (χ1) is 14.7. The maximum absolute atomic E-state index is 12.8. The molecule has 3 aromatic carbocycles. The predicted octanol–water partition coefficient (Wildman–Crippen LogP) is 5.75. The van der Waals surface area contributed by atoms with Gasteiger partial charge in [0, 0.05) is 11.1 Å². The van der Waals surface area contributed by atoms with Gasteiger partial charge in [0.05, 0.1) is 24.8 Å². The van der Waals surface area contributed by atoms with Crippen LogP contribution in [-0.4, -0.2) is 25.1 Å². The van der Waals surface area contributed by atoms with Crippen molar-refractivity contribution in [3.05, 3.63) is 84.4 Å². The molecule has 0 fully saturated rings. The number of thiazole rings is 1. The summed E-state index contributed by atoms with van der Waals surface area (Å²) in [7, 11) is 3.10. The van der Waals surface area contributed by atoms with Crippen molar-refractivity contribution in [3.63, 3.8) is 0 Å². The van der Waals surface area contributed by atoms with E-state index in [1.807, 2.05) is 60.7 Å². The van der Waals surface area contributed by atoms with Crippen LogP contribution in [0.4, 0.5) is 5.13 Å². The molecule has 0 atom stereocenters. The number of hydrogen-bond acceptors (Lipinski definition) is 5. The molecule has 0 aliphatic heterocycles. The van der Waals surface area contributed by atoms with Crippen LogP contribution in [0.1, 0.15) is 10.4 Å². The van der Waals surface area contributed by atoms with E-state index in [0.717, 1.165) is 21.7 Å². The molecule has 1 heterocycles. The van der Waals surface area contributed by atoms with E-state index in [1.165, 1.54) is 11.3 Å². The summed E-state index contributed by atoms with van der Waals surface area (Å²) >= 11 is 1.45. The van der Waals surface area contributed by atoms with E-state index in [9.17, 15) is 4.79 Å². The second-order valence-electron chi connectivity index (χ2n) is 6.45. The molecular formula is C24H20N2O3S. The highest BCUT2D eigenvalue weighted by molar-refractivity contribution is 7.19. The fourth-order valence-corrected chi connectivity index (χ4v) is 4.09. The Bertz CT molecular complexity index is 1100. The minimum absolute atomic E-state index is 0.260. The van der Waals surface area contributed by atoms with Gasteiger partial charge in [-0.25, -0.2) is 4.98 Å². The summed E-state index contributed by atoms with van der Waals surface area (Å²) in [5.41, 5.74) is 3.36. The molecule has 6 heteroatoms. The molecule has 4 aromatic rings. The van der Waals surface area contributed by atoms with E-state index >= 15 is 0 Å². The van der Waals surface area contributed by atoms with Gasteiger partial charge < -0.3 is 9.47 Å².